The summed E-state index contributed by atoms with van der Waals surface area (Å²) in [5.41, 5.74) is 0. The fourth-order valence-electron chi connectivity index (χ4n) is 7.30. The van der Waals surface area contributed by atoms with Crippen molar-refractivity contribution in [2.75, 3.05) is 0 Å². The monoisotopic (exact) mass is 432 g/mol. The van der Waals surface area contributed by atoms with Crippen molar-refractivity contribution in [3.8, 4) is 0 Å². The van der Waals surface area contributed by atoms with Crippen molar-refractivity contribution in [3.05, 3.63) is 12.2 Å². The lowest BCUT2D eigenvalue weighted by Crippen LogP contribution is -2.29. The summed E-state index contributed by atoms with van der Waals surface area (Å²) in [7, 11) is 0. The summed E-state index contributed by atoms with van der Waals surface area (Å²) >= 11 is 0. The van der Waals surface area contributed by atoms with Gasteiger partial charge in [-0.1, -0.05) is 64.5 Å². The van der Waals surface area contributed by atoms with Crippen LogP contribution in [0.15, 0.2) is 12.2 Å². The Labute approximate surface area is 194 Å². The van der Waals surface area contributed by atoms with Crippen LogP contribution in [0.5, 0.6) is 0 Å². The molecule has 0 heterocycles. The van der Waals surface area contributed by atoms with Crippen molar-refractivity contribution in [1.29, 1.82) is 0 Å². The molecule has 0 aliphatic heterocycles. The third-order valence-electron chi connectivity index (χ3n) is 9.57. The van der Waals surface area contributed by atoms with E-state index in [9.17, 15) is 4.39 Å². The summed E-state index contributed by atoms with van der Waals surface area (Å²) in [5.74, 6) is 6.02. The van der Waals surface area contributed by atoms with Crippen LogP contribution in [-0.4, -0.2) is 6.17 Å². The highest BCUT2D eigenvalue weighted by Gasteiger charge is 2.34. The Balaban J connectivity index is 1.28. The van der Waals surface area contributed by atoms with Crippen LogP contribution >= 0.6 is 0 Å². The van der Waals surface area contributed by atoms with E-state index in [0.29, 0.717) is 12.8 Å². The molecule has 0 aromatic rings. The van der Waals surface area contributed by atoms with E-state index in [0.717, 1.165) is 41.9 Å². The van der Waals surface area contributed by atoms with Crippen LogP contribution in [-0.2, 0) is 0 Å². The Hall–Kier alpha value is -0.330. The maximum absolute atomic E-state index is 13.3. The Kier molecular flexibility index (Phi) is 11.5. The lowest BCUT2D eigenvalue weighted by atomic mass is 9.65. The van der Waals surface area contributed by atoms with Crippen LogP contribution < -0.4 is 0 Å². The fraction of sp³-hybridized carbons (Fsp3) is 0.933. The molecule has 1 heteroatoms. The van der Waals surface area contributed by atoms with E-state index in [1.807, 2.05) is 6.92 Å². The van der Waals surface area contributed by atoms with E-state index in [-0.39, 0.29) is 0 Å². The zero-order chi connectivity index (χ0) is 21.9. The topological polar surface area (TPSA) is 0 Å². The second kappa shape index (κ2) is 14.0. The largest absolute Gasteiger partial charge is 0.247 e. The molecule has 0 nitrogen and oxygen atoms in total. The Morgan fingerprint density at radius 3 is 1.74 bits per heavy atom. The standard InChI is InChI=1S/C30H53F/c1-3-5-6-9-24-12-16-26(17-13-24)28-20-22-29(23-21-28)27-18-14-25(15-19-27)10-7-8-11-30(31)4-2/h7,10,24-30H,3-6,8-9,11-23H2,1-2H3/b10-7+/t24-,25-,26-,27-,28?,29?,30?. The van der Waals surface area contributed by atoms with Gasteiger partial charge >= 0.3 is 0 Å². The quantitative estimate of drug-likeness (QED) is 0.225. The number of halogens is 1. The van der Waals surface area contributed by atoms with Gasteiger partial charge in [-0.2, -0.15) is 0 Å². The molecule has 180 valence electrons. The molecule has 0 bridgehead atoms. The molecule has 0 aromatic heterocycles. The van der Waals surface area contributed by atoms with Crippen molar-refractivity contribution in [2.24, 2.45) is 35.5 Å². The van der Waals surface area contributed by atoms with Gasteiger partial charge in [-0.05, 0) is 119 Å². The lowest BCUT2D eigenvalue weighted by Gasteiger charge is -2.41. The van der Waals surface area contributed by atoms with Crippen LogP contribution in [0.25, 0.3) is 0 Å². The van der Waals surface area contributed by atoms with Crippen LogP contribution in [0.2, 0.25) is 0 Å². The summed E-state index contributed by atoms with van der Waals surface area (Å²) in [4.78, 5) is 0. The van der Waals surface area contributed by atoms with Crippen LogP contribution in [0.1, 0.15) is 136 Å². The molecular formula is C30H53F. The summed E-state index contributed by atoms with van der Waals surface area (Å²) in [6.45, 7) is 4.28. The van der Waals surface area contributed by atoms with Crippen LogP contribution in [0.4, 0.5) is 4.39 Å². The van der Waals surface area contributed by atoms with Gasteiger partial charge in [0.1, 0.15) is 6.17 Å². The molecule has 0 spiro atoms. The molecule has 1 atom stereocenters. The van der Waals surface area contributed by atoms with E-state index in [2.05, 4.69) is 19.1 Å². The SMILES string of the molecule is CCCCC[C@H]1CC[C@H](C2CCC([C@H]3CC[C@H](/C=C/CCC(F)CC)CC3)CC2)CC1. The van der Waals surface area contributed by atoms with Crippen molar-refractivity contribution < 1.29 is 4.39 Å². The molecule has 3 fully saturated rings. The lowest BCUT2D eigenvalue weighted by molar-refractivity contribution is 0.107. The fourth-order valence-corrected chi connectivity index (χ4v) is 7.30. The molecule has 3 saturated carbocycles. The van der Waals surface area contributed by atoms with Gasteiger partial charge in [0, 0.05) is 0 Å². The second-order valence-corrected chi connectivity index (χ2v) is 11.6. The maximum Gasteiger partial charge on any atom is 0.100 e. The summed E-state index contributed by atoms with van der Waals surface area (Å²) in [6.07, 6.45) is 30.2. The number of unbranched alkanes of at least 4 members (excludes halogenated alkanes) is 2. The van der Waals surface area contributed by atoms with Crippen molar-refractivity contribution in [1.82, 2.24) is 0 Å². The summed E-state index contributed by atoms with van der Waals surface area (Å²) in [5, 5.41) is 0. The Bertz CT molecular complexity index is 473. The van der Waals surface area contributed by atoms with E-state index in [1.54, 1.807) is 12.8 Å². The van der Waals surface area contributed by atoms with Crippen molar-refractivity contribution >= 4 is 0 Å². The number of rotatable bonds is 11. The van der Waals surface area contributed by atoms with Crippen LogP contribution in [0, 0.1) is 35.5 Å². The van der Waals surface area contributed by atoms with Gasteiger partial charge in [0.2, 0.25) is 0 Å². The predicted octanol–water partition coefficient (Wildman–Crippen LogP) is 10.1. The molecule has 0 amide bonds. The zero-order valence-corrected chi connectivity index (χ0v) is 21.0. The summed E-state index contributed by atoms with van der Waals surface area (Å²) in [6, 6.07) is 0. The minimum absolute atomic E-state index is 0.601. The molecule has 0 N–H and O–H groups in total. The van der Waals surface area contributed by atoms with E-state index < -0.39 is 6.17 Å². The number of allylic oxidation sites excluding steroid dienone is 2. The average Bonchev–Trinajstić information content (AvgIpc) is 2.83. The van der Waals surface area contributed by atoms with Gasteiger partial charge in [-0.25, -0.2) is 4.39 Å². The minimum Gasteiger partial charge on any atom is -0.247 e. The molecule has 0 radical (unpaired) electrons. The van der Waals surface area contributed by atoms with Crippen molar-refractivity contribution in [3.63, 3.8) is 0 Å². The van der Waals surface area contributed by atoms with Gasteiger partial charge in [0.05, 0.1) is 0 Å². The maximum atomic E-state index is 13.3. The predicted molar refractivity (Wildman–Crippen MR) is 134 cm³/mol. The molecule has 3 aliphatic carbocycles. The number of hydrogen-bond donors (Lipinski definition) is 0. The average molecular weight is 433 g/mol. The highest BCUT2D eigenvalue weighted by Crippen LogP contribution is 2.46. The van der Waals surface area contributed by atoms with E-state index in [4.69, 9.17) is 0 Å². The first kappa shape index (κ1) is 25.3. The first-order valence-corrected chi connectivity index (χ1v) is 14.5. The molecule has 0 saturated heterocycles. The van der Waals surface area contributed by atoms with Crippen molar-refractivity contribution in [2.45, 2.75) is 142 Å². The molecular weight excluding hydrogens is 379 g/mol. The minimum atomic E-state index is -0.601. The van der Waals surface area contributed by atoms with E-state index >= 15 is 0 Å². The third-order valence-corrected chi connectivity index (χ3v) is 9.57. The molecule has 3 aliphatic rings. The van der Waals surface area contributed by atoms with E-state index in [1.165, 1.54) is 89.9 Å². The Morgan fingerprint density at radius 1 is 0.710 bits per heavy atom. The second-order valence-electron chi connectivity index (χ2n) is 11.6. The van der Waals surface area contributed by atoms with Gasteiger partial charge in [0.25, 0.3) is 0 Å². The zero-order valence-electron chi connectivity index (χ0n) is 21.0. The first-order chi connectivity index (χ1) is 15.2. The molecule has 0 aromatic carbocycles. The third kappa shape index (κ3) is 8.51. The van der Waals surface area contributed by atoms with Gasteiger partial charge in [-0.3, -0.25) is 0 Å². The number of alkyl halides is 1. The molecule has 31 heavy (non-hydrogen) atoms. The molecule has 3 rings (SSSR count). The van der Waals surface area contributed by atoms with Gasteiger partial charge in [-0.15, -0.1) is 0 Å². The summed E-state index contributed by atoms with van der Waals surface area (Å²) < 4.78 is 13.3. The smallest absolute Gasteiger partial charge is 0.100 e. The first-order valence-electron chi connectivity index (χ1n) is 14.5. The van der Waals surface area contributed by atoms with Gasteiger partial charge in [0.15, 0.2) is 0 Å². The highest BCUT2D eigenvalue weighted by atomic mass is 19.1. The molecule has 1 unspecified atom stereocenters. The normalized spacial score (nSPS) is 36.0. The number of hydrogen-bond acceptors (Lipinski definition) is 0. The highest BCUT2D eigenvalue weighted by molar-refractivity contribution is 4.93. The Morgan fingerprint density at radius 2 is 1.23 bits per heavy atom. The van der Waals surface area contributed by atoms with Crippen LogP contribution in [0.3, 0.4) is 0 Å². The van der Waals surface area contributed by atoms with Gasteiger partial charge < -0.3 is 0 Å².